The molecule has 6 heterocycles. The molecule has 7 nitrogen and oxygen atoms in total. The largest absolute Gasteiger partial charge is 0.369 e. The van der Waals surface area contributed by atoms with Crippen LogP contribution in [0.25, 0.3) is 27.1 Å². The number of hydrogen-bond donors (Lipinski definition) is 2. The second-order valence-corrected chi connectivity index (χ2v) is 11.9. The summed E-state index contributed by atoms with van der Waals surface area (Å²) in [4.78, 5) is 25.0. The van der Waals surface area contributed by atoms with Gasteiger partial charge in [0.15, 0.2) is 5.65 Å². The molecule has 2 bridgehead atoms. The van der Waals surface area contributed by atoms with Crippen LogP contribution < -0.4 is 5.73 Å². The number of rotatable bonds is 5. The van der Waals surface area contributed by atoms with Gasteiger partial charge in [0.1, 0.15) is 11.2 Å². The van der Waals surface area contributed by atoms with Crippen LogP contribution in [0.1, 0.15) is 78.5 Å². The molecular weight excluding hydrogens is 456 g/mol. The summed E-state index contributed by atoms with van der Waals surface area (Å²) in [5, 5.41) is 5.82. The molecule has 3 atom stereocenters. The number of H-pyrrole nitrogens is 1. The number of hydrogen-bond acceptors (Lipinski definition) is 5. The molecule has 0 radical (unpaired) electrons. The normalized spacial score (nSPS) is 22.7. The van der Waals surface area contributed by atoms with Crippen LogP contribution in [-0.2, 0) is 4.79 Å². The van der Waals surface area contributed by atoms with Crippen molar-refractivity contribution in [1.29, 1.82) is 0 Å². The van der Waals surface area contributed by atoms with Gasteiger partial charge in [-0.25, -0.2) is 9.50 Å². The highest BCUT2D eigenvalue weighted by Gasteiger charge is 2.42. The number of pyridine rings is 1. The molecule has 0 aromatic carbocycles. The summed E-state index contributed by atoms with van der Waals surface area (Å²) in [5.74, 6) is 0.741. The molecule has 3 N–H and O–H groups in total. The molecular formula is C27H34N6OS. The molecule has 1 unspecified atom stereocenters. The van der Waals surface area contributed by atoms with E-state index in [9.17, 15) is 4.79 Å². The fraction of sp³-hybridized carbons (Fsp3) is 0.519. The van der Waals surface area contributed by atoms with Gasteiger partial charge in [-0.3, -0.25) is 9.69 Å². The maximum atomic E-state index is 11.6. The number of aromatic nitrogens is 4. The van der Waals surface area contributed by atoms with Crippen molar-refractivity contribution in [2.45, 2.75) is 84.2 Å². The first kappa shape index (κ1) is 22.7. The number of nitrogens with two attached hydrogens (primary N) is 1. The Labute approximate surface area is 209 Å². The Hall–Kier alpha value is -2.71. The Bertz CT molecular complexity index is 1450. The summed E-state index contributed by atoms with van der Waals surface area (Å²) >= 11 is 1.94. The number of aromatic amines is 1. The van der Waals surface area contributed by atoms with Crippen molar-refractivity contribution in [2.24, 2.45) is 5.73 Å². The van der Waals surface area contributed by atoms with E-state index in [4.69, 9.17) is 5.73 Å². The van der Waals surface area contributed by atoms with Crippen molar-refractivity contribution >= 4 is 33.1 Å². The SMILES string of the molecule is Cc1c(-c2[nH]c3sc([C@H]4CC5CC[C@H](C4)N5CC(N)=O)c(C)c3c2C(C)C)cn2ncnc2c1C. The molecule has 4 aromatic rings. The summed E-state index contributed by atoms with van der Waals surface area (Å²) < 4.78 is 1.89. The first-order valence-corrected chi connectivity index (χ1v) is 13.5. The van der Waals surface area contributed by atoms with Crippen LogP contribution in [0.2, 0.25) is 0 Å². The molecule has 2 saturated heterocycles. The third-order valence-electron chi connectivity index (χ3n) is 8.53. The lowest BCUT2D eigenvalue weighted by atomic mass is 9.86. The highest BCUT2D eigenvalue weighted by molar-refractivity contribution is 7.19. The van der Waals surface area contributed by atoms with E-state index in [-0.39, 0.29) is 5.91 Å². The van der Waals surface area contributed by atoms with E-state index < -0.39 is 0 Å². The number of carbonyl (C=O) groups excluding carboxylic acids is 1. The lowest BCUT2D eigenvalue weighted by Crippen LogP contribution is -2.46. The Morgan fingerprint density at radius 1 is 1.17 bits per heavy atom. The van der Waals surface area contributed by atoms with Crippen molar-refractivity contribution < 1.29 is 4.79 Å². The Morgan fingerprint density at radius 2 is 1.89 bits per heavy atom. The van der Waals surface area contributed by atoms with E-state index in [0.29, 0.717) is 30.5 Å². The van der Waals surface area contributed by atoms with E-state index >= 15 is 0 Å². The summed E-state index contributed by atoms with van der Waals surface area (Å²) in [5.41, 5.74) is 14.1. The number of nitrogens with one attached hydrogen (secondary N) is 1. The number of thiophene rings is 1. The fourth-order valence-corrected chi connectivity index (χ4v) is 8.16. The van der Waals surface area contributed by atoms with Crippen molar-refractivity contribution in [3.8, 4) is 11.3 Å². The monoisotopic (exact) mass is 490 g/mol. The molecule has 184 valence electrons. The first-order chi connectivity index (χ1) is 16.7. The first-order valence-electron chi connectivity index (χ1n) is 12.7. The van der Waals surface area contributed by atoms with Crippen LogP contribution in [0, 0.1) is 20.8 Å². The molecule has 1 amide bonds. The lowest BCUT2D eigenvalue weighted by Gasteiger charge is -2.38. The zero-order valence-electron chi connectivity index (χ0n) is 21.2. The molecule has 2 aliphatic rings. The van der Waals surface area contributed by atoms with Crippen LogP contribution in [0.4, 0.5) is 0 Å². The average molecular weight is 491 g/mol. The van der Waals surface area contributed by atoms with Gasteiger partial charge in [0, 0.05) is 34.1 Å². The molecule has 0 spiro atoms. The number of fused-ring (bicyclic) bond motifs is 4. The summed E-state index contributed by atoms with van der Waals surface area (Å²) in [7, 11) is 0. The van der Waals surface area contributed by atoms with Gasteiger partial charge in [0.05, 0.1) is 12.2 Å². The smallest absolute Gasteiger partial charge is 0.231 e. The van der Waals surface area contributed by atoms with Gasteiger partial charge in [-0.1, -0.05) is 13.8 Å². The van der Waals surface area contributed by atoms with Crippen molar-refractivity contribution in [3.05, 3.63) is 39.7 Å². The van der Waals surface area contributed by atoms with Gasteiger partial charge >= 0.3 is 0 Å². The maximum absolute atomic E-state index is 11.6. The summed E-state index contributed by atoms with van der Waals surface area (Å²) in [6.07, 6.45) is 8.36. The van der Waals surface area contributed by atoms with Gasteiger partial charge < -0.3 is 10.7 Å². The quantitative estimate of drug-likeness (QED) is 0.403. The minimum absolute atomic E-state index is 0.204. The standard InChI is InChI=1S/C27H34N6OS/c1-13(2)22-23-16(5)25(17-8-18-6-7-19(9-17)32(18)11-21(28)34)35-27(23)31-24(22)20-10-33-26(29-12-30-33)15(4)14(20)3/h10,12-13,17-19,31H,6-9,11H2,1-5H3,(H2,28,34)/t17-,18-,19?/m1/s1. The lowest BCUT2D eigenvalue weighted by molar-refractivity contribution is -0.120. The summed E-state index contributed by atoms with van der Waals surface area (Å²) in [6, 6.07) is 0.956. The van der Waals surface area contributed by atoms with E-state index in [1.807, 2.05) is 15.9 Å². The Morgan fingerprint density at radius 3 is 2.54 bits per heavy atom. The molecule has 0 aliphatic carbocycles. The van der Waals surface area contributed by atoms with Crippen LogP contribution in [0.15, 0.2) is 12.5 Å². The van der Waals surface area contributed by atoms with Crippen molar-refractivity contribution in [3.63, 3.8) is 0 Å². The number of nitrogens with zero attached hydrogens (tertiary/aromatic N) is 4. The van der Waals surface area contributed by atoms with Gasteiger partial charge in [0.2, 0.25) is 5.91 Å². The van der Waals surface area contributed by atoms with Gasteiger partial charge in [-0.15, -0.1) is 11.3 Å². The van der Waals surface area contributed by atoms with E-state index in [2.05, 4.69) is 60.8 Å². The molecule has 8 heteroatoms. The third-order valence-corrected chi connectivity index (χ3v) is 9.90. The van der Waals surface area contributed by atoms with E-state index in [1.54, 1.807) is 6.33 Å². The predicted molar refractivity (Wildman–Crippen MR) is 141 cm³/mol. The predicted octanol–water partition coefficient (Wildman–Crippen LogP) is 5.18. The number of piperidine rings is 1. The molecule has 0 saturated carbocycles. The maximum Gasteiger partial charge on any atom is 0.231 e. The topological polar surface area (TPSA) is 92.3 Å². The zero-order valence-corrected chi connectivity index (χ0v) is 22.0. The molecule has 2 fully saturated rings. The Kier molecular flexibility index (Phi) is 5.30. The minimum Gasteiger partial charge on any atom is -0.369 e. The van der Waals surface area contributed by atoms with Crippen LogP contribution in [0.3, 0.4) is 0 Å². The zero-order chi connectivity index (χ0) is 24.6. The van der Waals surface area contributed by atoms with Crippen LogP contribution >= 0.6 is 11.3 Å². The van der Waals surface area contributed by atoms with E-state index in [1.165, 1.54) is 61.4 Å². The van der Waals surface area contributed by atoms with Gasteiger partial charge in [-0.2, -0.15) is 5.10 Å². The second-order valence-electron chi connectivity index (χ2n) is 10.9. The van der Waals surface area contributed by atoms with E-state index in [0.717, 1.165) is 18.5 Å². The average Bonchev–Trinajstić information content (AvgIpc) is 3.53. The minimum atomic E-state index is -0.204. The highest BCUT2D eigenvalue weighted by Crippen LogP contribution is 2.50. The molecule has 2 aliphatic heterocycles. The van der Waals surface area contributed by atoms with Crippen LogP contribution in [0.5, 0.6) is 0 Å². The second kappa shape index (κ2) is 8.17. The van der Waals surface area contributed by atoms with Gasteiger partial charge in [-0.05, 0) is 80.5 Å². The van der Waals surface area contributed by atoms with Crippen LogP contribution in [-0.4, -0.2) is 49.0 Å². The number of primary amides is 1. The van der Waals surface area contributed by atoms with Gasteiger partial charge in [0.25, 0.3) is 0 Å². The Balaban J connectivity index is 1.43. The number of carbonyl (C=O) groups is 1. The highest BCUT2D eigenvalue weighted by atomic mass is 32.1. The summed E-state index contributed by atoms with van der Waals surface area (Å²) in [6.45, 7) is 11.6. The fourth-order valence-electron chi connectivity index (χ4n) is 6.81. The van der Waals surface area contributed by atoms with Crippen molar-refractivity contribution in [2.75, 3.05) is 6.54 Å². The molecule has 4 aromatic heterocycles. The van der Waals surface area contributed by atoms with Crippen molar-refractivity contribution in [1.82, 2.24) is 24.5 Å². The number of aryl methyl sites for hydroxylation is 2. The molecule has 35 heavy (non-hydrogen) atoms. The molecule has 6 rings (SSSR count). The number of amides is 1. The third kappa shape index (κ3) is 3.44.